The van der Waals surface area contributed by atoms with Crippen LogP contribution in [0.25, 0.3) is 0 Å². The van der Waals surface area contributed by atoms with Gasteiger partial charge in [0.15, 0.2) is 5.56 Å². The Morgan fingerprint density at radius 3 is 2.62 bits per heavy atom. The Labute approximate surface area is 205 Å². The first-order chi connectivity index (χ1) is 16.3. The molecular weight excluding hydrogens is 454 g/mol. The van der Waals surface area contributed by atoms with Crippen molar-refractivity contribution in [2.24, 2.45) is 0 Å². The summed E-state index contributed by atoms with van der Waals surface area (Å²) in [4.78, 5) is 28.9. The van der Waals surface area contributed by atoms with Gasteiger partial charge in [0, 0.05) is 32.7 Å². The Morgan fingerprint density at radius 2 is 1.91 bits per heavy atom. The lowest BCUT2D eigenvalue weighted by Crippen LogP contribution is -2.44. The summed E-state index contributed by atoms with van der Waals surface area (Å²) >= 11 is 0.901. The van der Waals surface area contributed by atoms with Crippen LogP contribution in [0.1, 0.15) is 46.3 Å². The smallest absolute Gasteiger partial charge is 0.344 e. The number of aromatic carboxylic acids is 1. The molecule has 3 N–H and O–H groups in total. The average molecular weight is 490 g/mol. The second-order valence-corrected chi connectivity index (χ2v) is 9.58. The van der Waals surface area contributed by atoms with Crippen molar-refractivity contribution >= 4 is 28.5 Å². The predicted octanol–water partition coefficient (Wildman–Crippen LogP) is 3.58. The van der Waals surface area contributed by atoms with Crippen LogP contribution in [0.5, 0.6) is 5.88 Å². The number of ether oxygens (including phenoxy) is 1. The molecule has 0 unspecified atom stereocenters. The number of hydrogen-bond donors (Lipinski definition) is 3. The quantitative estimate of drug-likeness (QED) is 0.414. The van der Waals surface area contributed by atoms with E-state index in [4.69, 9.17) is 4.74 Å². The first-order valence-corrected chi connectivity index (χ1v) is 12.5. The molecule has 0 spiro atoms. The van der Waals surface area contributed by atoms with Gasteiger partial charge in [0.1, 0.15) is 11.6 Å². The van der Waals surface area contributed by atoms with Gasteiger partial charge in [-0.3, -0.25) is 5.32 Å². The van der Waals surface area contributed by atoms with E-state index in [9.17, 15) is 14.7 Å². The van der Waals surface area contributed by atoms with Crippen LogP contribution in [0.15, 0.2) is 18.2 Å². The maximum atomic E-state index is 12.3. The van der Waals surface area contributed by atoms with E-state index < -0.39 is 12.0 Å². The molecule has 1 fully saturated rings. The van der Waals surface area contributed by atoms with E-state index in [2.05, 4.69) is 31.9 Å². The van der Waals surface area contributed by atoms with E-state index in [1.54, 1.807) is 0 Å². The fourth-order valence-corrected chi connectivity index (χ4v) is 4.58. The van der Waals surface area contributed by atoms with Gasteiger partial charge in [-0.25, -0.2) is 9.59 Å². The molecule has 3 rings (SSSR count). The normalized spacial score (nSPS) is 14.7. The number of aromatic nitrogens is 1. The van der Waals surface area contributed by atoms with Crippen molar-refractivity contribution in [1.29, 1.82) is 0 Å². The highest BCUT2D eigenvalue weighted by Crippen LogP contribution is 2.31. The summed E-state index contributed by atoms with van der Waals surface area (Å²) in [7, 11) is 2.15. The molecule has 0 atom stereocenters. The van der Waals surface area contributed by atoms with Crippen molar-refractivity contribution in [2.75, 3.05) is 51.6 Å². The number of carbonyl (C=O) groups excluding carboxylic acids is 1. The molecule has 1 aliphatic rings. The van der Waals surface area contributed by atoms with Crippen LogP contribution in [-0.4, -0.2) is 77.6 Å². The number of carboxylic acid groups (broad SMARTS) is 1. The number of amides is 2. The third-order valence-corrected chi connectivity index (χ3v) is 6.74. The first kappa shape index (κ1) is 25.9. The summed E-state index contributed by atoms with van der Waals surface area (Å²) in [5.74, 6) is -1.18. The number of hydrogen-bond acceptors (Lipinski definition) is 7. The van der Waals surface area contributed by atoms with Gasteiger partial charge >= 0.3 is 12.0 Å². The number of aryl methyl sites for hydroxylation is 2. The highest BCUT2D eigenvalue weighted by atomic mass is 32.1. The Morgan fingerprint density at radius 1 is 1.15 bits per heavy atom. The number of nitrogens with zero attached hydrogens (tertiary/aromatic N) is 3. The predicted molar refractivity (Wildman–Crippen MR) is 134 cm³/mol. The van der Waals surface area contributed by atoms with Crippen molar-refractivity contribution in [3.05, 3.63) is 40.5 Å². The third kappa shape index (κ3) is 7.68. The first-order valence-electron chi connectivity index (χ1n) is 11.7. The van der Waals surface area contributed by atoms with Gasteiger partial charge in [0.2, 0.25) is 5.88 Å². The molecule has 9 nitrogen and oxygen atoms in total. The largest absolute Gasteiger partial charge is 0.477 e. The van der Waals surface area contributed by atoms with E-state index >= 15 is 0 Å². The molecule has 0 radical (unpaired) electrons. The minimum absolute atomic E-state index is 0.0108. The Kier molecular flexibility index (Phi) is 9.67. The lowest BCUT2D eigenvalue weighted by Gasteiger charge is -2.32. The van der Waals surface area contributed by atoms with Crippen LogP contribution in [-0.2, 0) is 6.61 Å². The zero-order valence-electron chi connectivity index (χ0n) is 20.2. The minimum Gasteiger partial charge on any atom is -0.477 e. The molecule has 1 aromatic heterocycles. The number of carbonyl (C=O) groups is 2. The highest BCUT2D eigenvalue weighted by Gasteiger charge is 2.23. The molecule has 2 heterocycles. The van der Waals surface area contributed by atoms with Crippen molar-refractivity contribution in [3.63, 3.8) is 0 Å². The lowest BCUT2D eigenvalue weighted by atomic mass is 10.1. The van der Waals surface area contributed by atoms with Crippen LogP contribution < -0.4 is 15.4 Å². The molecule has 34 heavy (non-hydrogen) atoms. The van der Waals surface area contributed by atoms with Crippen LogP contribution in [0.3, 0.4) is 0 Å². The fourth-order valence-electron chi connectivity index (χ4n) is 3.86. The Balaban J connectivity index is 1.41. The molecule has 2 amide bonds. The van der Waals surface area contributed by atoms with Crippen molar-refractivity contribution < 1.29 is 19.4 Å². The monoisotopic (exact) mass is 489 g/mol. The molecule has 1 aromatic carbocycles. The number of nitrogens with one attached hydrogen (secondary N) is 2. The highest BCUT2D eigenvalue weighted by molar-refractivity contribution is 7.11. The van der Waals surface area contributed by atoms with Gasteiger partial charge in [0.25, 0.3) is 0 Å². The summed E-state index contributed by atoms with van der Waals surface area (Å²) in [5.41, 5.74) is 3.04. The molecule has 1 saturated heterocycles. The zero-order chi connectivity index (χ0) is 24.5. The summed E-state index contributed by atoms with van der Waals surface area (Å²) in [6, 6.07) is 5.54. The molecule has 1 aliphatic heterocycles. The fraction of sp³-hybridized carbons (Fsp3) is 0.542. The Bertz CT molecular complexity index is 972. The van der Waals surface area contributed by atoms with Gasteiger partial charge in [-0.2, -0.15) is 4.37 Å². The maximum Gasteiger partial charge on any atom is 0.344 e. The molecular formula is C24H35N5O4S. The van der Waals surface area contributed by atoms with E-state index in [1.165, 1.54) is 0 Å². The molecule has 10 heteroatoms. The van der Waals surface area contributed by atoms with Crippen molar-refractivity contribution in [3.8, 4) is 5.88 Å². The van der Waals surface area contributed by atoms with Crippen LogP contribution in [0.2, 0.25) is 0 Å². The van der Waals surface area contributed by atoms with Crippen molar-refractivity contribution in [1.82, 2.24) is 19.5 Å². The van der Waals surface area contributed by atoms with Gasteiger partial charge in [-0.1, -0.05) is 30.2 Å². The second-order valence-electron chi connectivity index (χ2n) is 8.80. The molecule has 186 valence electrons. The van der Waals surface area contributed by atoms with E-state index in [1.807, 2.05) is 32.0 Å². The van der Waals surface area contributed by atoms with Crippen LogP contribution in [0, 0.1) is 13.8 Å². The number of anilines is 1. The summed E-state index contributed by atoms with van der Waals surface area (Å²) in [6.07, 6.45) is 3.01. The molecule has 0 bridgehead atoms. The molecule has 0 aliphatic carbocycles. The molecule has 2 aromatic rings. The average Bonchev–Trinajstić information content (AvgIpc) is 3.19. The lowest BCUT2D eigenvalue weighted by molar-refractivity contribution is 0.0693. The number of rotatable bonds is 11. The van der Waals surface area contributed by atoms with Gasteiger partial charge in [-0.15, -0.1) is 0 Å². The van der Waals surface area contributed by atoms with E-state index in [-0.39, 0.29) is 23.1 Å². The van der Waals surface area contributed by atoms with E-state index in [0.29, 0.717) is 6.54 Å². The number of piperazine rings is 1. The second kappa shape index (κ2) is 12.7. The standard InChI is InChI=1S/C24H35N5O4S/c1-17-7-8-19(18(2)15-17)16-33-21-20(23(30)31)22(34-27-21)26-24(32)25-9-5-4-6-10-29-13-11-28(3)12-14-29/h7-8,15H,4-6,9-14,16H2,1-3H3,(H,30,31)(H2,25,26,32). The number of carboxylic acids is 1. The topological polar surface area (TPSA) is 107 Å². The number of likely N-dealkylation sites (N-methyl/N-ethyl adjacent to an activating group) is 1. The van der Waals surface area contributed by atoms with Gasteiger partial charge in [0.05, 0.1) is 0 Å². The summed E-state index contributed by atoms with van der Waals surface area (Å²) < 4.78 is 9.80. The number of benzene rings is 1. The SMILES string of the molecule is Cc1ccc(COc2nsc(NC(=O)NCCCCCN3CCN(C)CC3)c2C(=O)O)c(C)c1. The number of unbranched alkanes of at least 4 members (excludes halogenated alkanes) is 2. The van der Waals surface area contributed by atoms with Crippen LogP contribution >= 0.6 is 11.5 Å². The minimum atomic E-state index is -1.19. The summed E-state index contributed by atoms with van der Waals surface area (Å²) in [6.45, 7) is 10.3. The van der Waals surface area contributed by atoms with E-state index in [0.717, 1.165) is 80.2 Å². The maximum absolute atomic E-state index is 12.3. The van der Waals surface area contributed by atoms with Crippen LogP contribution in [0.4, 0.5) is 9.80 Å². The third-order valence-electron chi connectivity index (χ3n) is 6.00. The Hall–Kier alpha value is -2.69. The van der Waals surface area contributed by atoms with Crippen molar-refractivity contribution in [2.45, 2.75) is 39.7 Å². The number of urea groups is 1. The summed E-state index contributed by atoms with van der Waals surface area (Å²) in [5, 5.41) is 15.2. The van der Waals surface area contributed by atoms with Gasteiger partial charge < -0.3 is 25.0 Å². The molecule has 0 saturated carbocycles. The zero-order valence-corrected chi connectivity index (χ0v) is 21.0. The van der Waals surface area contributed by atoms with Gasteiger partial charge in [-0.05, 0) is 62.9 Å².